The molecule has 0 bridgehead atoms. The minimum Gasteiger partial charge on any atom is -0.369 e. The van der Waals surface area contributed by atoms with E-state index in [4.69, 9.17) is 0 Å². The summed E-state index contributed by atoms with van der Waals surface area (Å²) in [7, 11) is -1.88. The third-order valence-corrected chi connectivity index (χ3v) is 5.89. The summed E-state index contributed by atoms with van der Waals surface area (Å²) in [4.78, 5) is 4.39. The van der Waals surface area contributed by atoms with Gasteiger partial charge in [0.1, 0.15) is 10.7 Å². The molecule has 1 aliphatic carbocycles. The van der Waals surface area contributed by atoms with Crippen molar-refractivity contribution in [2.24, 2.45) is 11.8 Å². The van der Waals surface area contributed by atoms with Gasteiger partial charge in [-0.05, 0) is 47.2 Å². The number of nitrogens with zero attached hydrogens (tertiary/aromatic N) is 2. The molecule has 20 heavy (non-hydrogen) atoms. The van der Waals surface area contributed by atoms with Crippen molar-refractivity contribution in [1.29, 1.82) is 0 Å². The lowest BCUT2D eigenvalue weighted by molar-refractivity contribution is 0.444. The first-order valence-electron chi connectivity index (χ1n) is 6.72. The van der Waals surface area contributed by atoms with Gasteiger partial charge in [-0.3, -0.25) is 0 Å². The van der Waals surface area contributed by atoms with E-state index >= 15 is 0 Å². The summed E-state index contributed by atoms with van der Waals surface area (Å²) < 4.78 is 27.4. The summed E-state index contributed by atoms with van der Waals surface area (Å²) in [5.74, 6) is 1.52. The lowest BCUT2D eigenvalue weighted by atomic mass is 10.3. The fraction of sp³-hybridized carbons (Fsp3) is 0.615. The van der Waals surface area contributed by atoms with E-state index in [1.807, 2.05) is 6.92 Å². The highest BCUT2D eigenvalue weighted by Gasteiger charge is 2.36. The van der Waals surface area contributed by atoms with Crippen LogP contribution in [0, 0.1) is 11.8 Å². The topological polar surface area (TPSA) is 62.3 Å². The molecular formula is C13H20BrN3O2S. The Morgan fingerprint density at radius 2 is 2.20 bits per heavy atom. The van der Waals surface area contributed by atoms with Crippen molar-refractivity contribution in [2.75, 3.05) is 25.5 Å². The Morgan fingerprint density at radius 3 is 2.75 bits per heavy atom. The third-order valence-electron chi connectivity index (χ3n) is 3.62. The zero-order valence-electron chi connectivity index (χ0n) is 11.9. The molecule has 1 saturated carbocycles. The molecule has 7 heteroatoms. The zero-order chi connectivity index (χ0) is 14.9. The zero-order valence-corrected chi connectivity index (χ0v) is 14.3. The SMILES string of the molecule is CCNc1ncc(Br)cc1S(=O)(=O)N(C)CC1CC1C. The highest BCUT2D eigenvalue weighted by Crippen LogP contribution is 2.39. The molecule has 0 radical (unpaired) electrons. The van der Waals surface area contributed by atoms with Crippen LogP contribution in [0.15, 0.2) is 21.6 Å². The molecule has 1 heterocycles. The number of pyridine rings is 1. The Labute approximate surface area is 129 Å². The number of nitrogens with one attached hydrogen (secondary N) is 1. The van der Waals surface area contributed by atoms with Crippen molar-refractivity contribution in [3.05, 3.63) is 16.7 Å². The second kappa shape index (κ2) is 5.99. The maximum absolute atomic E-state index is 12.7. The van der Waals surface area contributed by atoms with E-state index in [0.29, 0.717) is 35.2 Å². The van der Waals surface area contributed by atoms with Gasteiger partial charge in [0.25, 0.3) is 0 Å². The van der Waals surface area contributed by atoms with Crippen molar-refractivity contribution in [2.45, 2.75) is 25.2 Å². The van der Waals surface area contributed by atoms with Crippen LogP contribution in [-0.4, -0.2) is 37.8 Å². The minimum atomic E-state index is -3.51. The number of hydrogen-bond acceptors (Lipinski definition) is 4. The quantitative estimate of drug-likeness (QED) is 0.845. The molecule has 1 N–H and O–H groups in total. The number of hydrogen-bond donors (Lipinski definition) is 1. The molecule has 5 nitrogen and oxygen atoms in total. The minimum absolute atomic E-state index is 0.226. The van der Waals surface area contributed by atoms with Crippen LogP contribution in [-0.2, 0) is 10.0 Å². The molecule has 1 aromatic heterocycles. The maximum atomic E-state index is 12.7. The smallest absolute Gasteiger partial charge is 0.246 e. The van der Waals surface area contributed by atoms with Gasteiger partial charge >= 0.3 is 0 Å². The summed E-state index contributed by atoms with van der Waals surface area (Å²) in [6, 6.07) is 1.60. The number of sulfonamides is 1. The molecule has 1 aromatic rings. The summed E-state index contributed by atoms with van der Waals surface area (Å²) in [6.45, 7) is 5.26. The molecule has 2 unspecified atom stereocenters. The molecule has 112 valence electrons. The standard InChI is InChI=1S/C13H20BrN3O2S/c1-4-15-13-12(6-11(14)7-16-13)20(18,19)17(3)8-10-5-9(10)2/h6-7,9-10H,4-5,8H2,1-3H3,(H,15,16). The molecule has 1 aliphatic rings. The highest BCUT2D eigenvalue weighted by atomic mass is 79.9. The highest BCUT2D eigenvalue weighted by molar-refractivity contribution is 9.10. The van der Waals surface area contributed by atoms with Crippen LogP contribution in [0.1, 0.15) is 20.3 Å². The van der Waals surface area contributed by atoms with Gasteiger partial charge in [-0.15, -0.1) is 0 Å². The first kappa shape index (κ1) is 15.7. The molecule has 0 aromatic carbocycles. The van der Waals surface area contributed by atoms with Gasteiger partial charge < -0.3 is 5.32 Å². The van der Waals surface area contributed by atoms with Gasteiger partial charge in [0.15, 0.2) is 0 Å². The number of anilines is 1. The van der Waals surface area contributed by atoms with Gasteiger partial charge in [0.05, 0.1) is 0 Å². The Hall–Kier alpha value is -0.660. The van der Waals surface area contributed by atoms with Crippen LogP contribution in [0.3, 0.4) is 0 Å². The fourth-order valence-corrected chi connectivity index (χ4v) is 4.02. The summed E-state index contributed by atoms with van der Waals surface area (Å²) in [5, 5.41) is 3.00. The van der Waals surface area contributed by atoms with Crippen molar-refractivity contribution >= 4 is 31.8 Å². The van der Waals surface area contributed by atoms with Crippen LogP contribution in [0.25, 0.3) is 0 Å². The average Bonchev–Trinajstić information content (AvgIpc) is 3.07. The van der Waals surface area contributed by atoms with Gasteiger partial charge in [-0.1, -0.05) is 6.92 Å². The van der Waals surface area contributed by atoms with Gasteiger partial charge in [-0.2, -0.15) is 0 Å². The van der Waals surface area contributed by atoms with Crippen molar-refractivity contribution in [1.82, 2.24) is 9.29 Å². The average molecular weight is 362 g/mol. The maximum Gasteiger partial charge on any atom is 0.246 e. The second-order valence-corrected chi connectivity index (χ2v) is 8.22. The van der Waals surface area contributed by atoms with E-state index in [2.05, 4.69) is 33.2 Å². The van der Waals surface area contributed by atoms with E-state index in [9.17, 15) is 8.42 Å². The monoisotopic (exact) mass is 361 g/mol. The van der Waals surface area contributed by atoms with Crippen molar-refractivity contribution in [3.63, 3.8) is 0 Å². The molecule has 1 fully saturated rings. The van der Waals surface area contributed by atoms with E-state index in [1.54, 1.807) is 19.3 Å². The summed E-state index contributed by atoms with van der Waals surface area (Å²) in [5.41, 5.74) is 0. The molecule has 0 aliphatic heterocycles. The van der Waals surface area contributed by atoms with Crippen LogP contribution in [0.5, 0.6) is 0 Å². The fourth-order valence-electron chi connectivity index (χ4n) is 2.17. The molecule has 0 amide bonds. The molecule has 0 saturated heterocycles. The summed E-state index contributed by atoms with van der Waals surface area (Å²) in [6.07, 6.45) is 2.70. The van der Waals surface area contributed by atoms with Gasteiger partial charge in [0, 0.05) is 30.8 Å². The molecule has 0 spiro atoms. The van der Waals surface area contributed by atoms with E-state index in [-0.39, 0.29) is 4.90 Å². The Kier molecular flexibility index (Phi) is 4.71. The number of aromatic nitrogens is 1. The molecule has 2 rings (SSSR count). The van der Waals surface area contributed by atoms with E-state index in [0.717, 1.165) is 6.42 Å². The lowest BCUT2D eigenvalue weighted by Gasteiger charge is -2.19. The van der Waals surface area contributed by atoms with E-state index < -0.39 is 10.0 Å². The predicted molar refractivity (Wildman–Crippen MR) is 83.2 cm³/mol. The number of halogens is 1. The lowest BCUT2D eigenvalue weighted by Crippen LogP contribution is -2.30. The van der Waals surface area contributed by atoms with Gasteiger partial charge in [-0.25, -0.2) is 17.7 Å². The molecular weight excluding hydrogens is 342 g/mol. The first-order chi connectivity index (χ1) is 9.36. The van der Waals surface area contributed by atoms with Crippen molar-refractivity contribution < 1.29 is 8.42 Å². The third kappa shape index (κ3) is 3.32. The second-order valence-electron chi connectivity index (χ2n) is 5.29. The van der Waals surface area contributed by atoms with Crippen LogP contribution in [0.2, 0.25) is 0 Å². The largest absolute Gasteiger partial charge is 0.369 e. The number of rotatable bonds is 6. The molecule has 2 atom stereocenters. The van der Waals surface area contributed by atoms with Crippen LogP contribution >= 0.6 is 15.9 Å². The van der Waals surface area contributed by atoms with Crippen LogP contribution < -0.4 is 5.32 Å². The van der Waals surface area contributed by atoms with Gasteiger partial charge in [0.2, 0.25) is 10.0 Å². The Balaban J connectivity index is 2.29. The first-order valence-corrected chi connectivity index (χ1v) is 8.95. The van der Waals surface area contributed by atoms with Crippen LogP contribution in [0.4, 0.5) is 5.82 Å². The van der Waals surface area contributed by atoms with E-state index in [1.165, 1.54) is 4.31 Å². The predicted octanol–water partition coefficient (Wildman–Crippen LogP) is 2.55. The Morgan fingerprint density at radius 1 is 1.55 bits per heavy atom. The normalized spacial score (nSPS) is 22.1. The van der Waals surface area contributed by atoms with Crippen molar-refractivity contribution in [3.8, 4) is 0 Å². The Bertz CT molecular complexity index is 591. The summed E-state index contributed by atoms with van der Waals surface area (Å²) >= 11 is 3.29.